The van der Waals surface area contributed by atoms with Crippen LogP contribution in [0.3, 0.4) is 0 Å². The molecule has 0 amide bonds. The number of benzene rings is 2. The number of aryl methyl sites for hydroxylation is 1. The van der Waals surface area contributed by atoms with Gasteiger partial charge in [-0.3, -0.25) is 4.79 Å². The highest BCUT2D eigenvalue weighted by Gasteiger charge is 2.21. The molecule has 6 heteroatoms. The lowest BCUT2D eigenvalue weighted by Crippen LogP contribution is -2.13. The molecule has 2 aromatic rings. The van der Waals surface area contributed by atoms with Gasteiger partial charge in [-0.05, 0) is 48.2 Å². The van der Waals surface area contributed by atoms with E-state index in [0.29, 0.717) is 41.4 Å². The van der Waals surface area contributed by atoms with Crippen LogP contribution in [0.4, 0.5) is 0 Å². The van der Waals surface area contributed by atoms with Crippen LogP contribution in [0.25, 0.3) is 0 Å². The zero-order valence-corrected chi connectivity index (χ0v) is 15.4. The van der Waals surface area contributed by atoms with Crippen LogP contribution in [0.15, 0.2) is 36.4 Å². The van der Waals surface area contributed by atoms with Gasteiger partial charge in [-0.2, -0.15) is 0 Å². The fourth-order valence-corrected chi connectivity index (χ4v) is 2.85. The molecule has 1 unspecified atom stereocenters. The number of methoxy groups -OCH3 is 4. The van der Waals surface area contributed by atoms with Crippen molar-refractivity contribution in [3.63, 3.8) is 0 Å². The fourth-order valence-electron chi connectivity index (χ4n) is 2.85. The summed E-state index contributed by atoms with van der Waals surface area (Å²) in [5.41, 5.74) is 1.66. The summed E-state index contributed by atoms with van der Waals surface area (Å²) < 4.78 is 21.0. The maximum atomic E-state index is 11.8. The molecule has 2 rings (SSSR count). The van der Waals surface area contributed by atoms with Crippen LogP contribution in [0.1, 0.15) is 23.5 Å². The number of carboxylic acid groups (broad SMARTS) is 1. The number of hydrogen-bond donors (Lipinski definition) is 1. The van der Waals surface area contributed by atoms with Gasteiger partial charge in [0.25, 0.3) is 0 Å². The van der Waals surface area contributed by atoms with Crippen molar-refractivity contribution in [2.24, 2.45) is 0 Å². The van der Waals surface area contributed by atoms with E-state index in [-0.39, 0.29) is 0 Å². The van der Waals surface area contributed by atoms with Crippen LogP contribution in [-0.2, 0) is 11.2 Å². The van der Waals surface area contributed by atoms with Crippen molar-refractivity contribution in [1.29, 1.82) is 0 Å². The predicted octanol–water partition coefficient (Wildman–Crippen LogP) is 3.52. The molecule has 0 aliphatic heterocycles. The largest absolute Gasteiger partial charge is 0.493 e. The Bertz CT molecular complexity index is 756. The second-order valence-corrected chi connectivity index (χ2v) is 5.73. The summed E-state index contributed by atoms with van der Waals surface area (Å²) in [6, 6.07) is 10.8. The average molecular weight is 360 g/mol. The number of carbonyl (C=O) groups is 1. The van der Waals surface area contributed by atoms with Crippen molar-refractivity contribution < 1.29 is 28.8 Å². The lowest BCUT2D eigenvalue weighted by molar-refractivity contribution is -0.138. The van der Waals surface area contributed by atoms with Crippen molar-refractivity contribution in [3.8, 4) is 23.0 Å². The van der Waals surface area contributed by atoms with Gasteiger partial charge in [0.05, 0.1) is 34.4 Å². The topological polar surface area (TPSA) is 74.2 Å². The summed E-state index contributed by atoms with van der Waals surface area (Å²) in [4.78, 5) is 11.8. The summed E-state index contributed by atoms with van der Waals surface area (Å²) in [5.74, 6) is 0.831. The maximum Gasteiger partial charge on any atom is 0.310 e. The molecule has 0 aliphatic carbocycles. The first-order chi connectivity index (χ1) is 12.5. The van der Waals surface area contributed by atoms with Gasteiger partial charge < -0.3 is 24.1 Å². The van der Waals surface area contributed by atoms with Gasteiger partial charge in [-0.15, -0.1) is 0 Å². The summed E-state index contributed by atoms with van der Waals surface area (Å²) in [6.07, 6.45) is 1.03. The van der Waals surface area contributed by atoms with E-state index in [4.69, 9.17) is 18.9 Å². The summed E-state index contributed by atoms with van der Waals surface area (Å²) in [7, 11) is 6.23. The molecule has 6 nitrogen and oxygen atoms in total. The first-order valence-electron chi connectivity index (χ1n) is 8.19. The highest BCUT2D eigenvalue weighted by molar-refractivity contribution is 5.76. The van der Waals surface area contributed by atoms with Crippen molar-refractivity contribution >= 4 is 5.97 Å². The molecule has 0 aliphatic rings. The molecular weight excluding hydrogens is 336 g/mol. The number of aliphatic carboxylic acids is 1. The van der Waals surface area contributed by atoms with E-state index >= 15 is 0 Å². The van der Waals surface area contributed by atoms with Crippen LogP contribution in [0, 0.1) is 0 Å². The van der Waals surface area contributed by atoms with Gasteiger partial charge in [0, 0.05) is 0 Å². The molecule has 0 fully saturated rings. The molecule has 2 aromatic carbocycles. The summed E-state index contributed by atoms with van der Waals surface area (Å²) in [5, 5.41) is 9.66. The Labute approximate surface area is 153 Å². The minimum Gasteiger partial charge on any atom is -0.493 e. The highest BCUT2D eigenvalue weighted by Crippen LogP contribution is 2.33. The van der Waals surface area contributed by atoms with Gasteiger partial charge in [0.2, 0.25) is 0 Å². The smallest absolute Gasteiger partial charge is 0.310 e. The molecule has 140 valence electrons. The summed E-state index contributed by atoms with van der Waals surface area (Å²) in [6.45, 7) is 0. The lowest BCUT2D eigenvalue weighted by Gasteiger charge is -2.16. The fraction of sp³-hybridized carbons (Fsp3) is 0.350. The Morgan fingerprint density at radius 1 is 0.846 bits per heavy atom. The first-order valence-corrected chi connectivity index (χ1v) is 8.19. The van der Waals surface area contributed by atoms with E-state index in [1.54, 1.807) is 39.5 Å². The van der Waals surface area contributed by atoms with Crippen molar-refractivity contribution in [2.75, 3.05) is 28.4 Å². The number of hydrogen-bond acceptors (Lipinski definition) is 5. The van der Waals surface area contributed by atoms with Crippen LogP contribution >= 0.6 is 0 Å². The Morgan fingerprint density at radius 3 is 1.92 bits per heavy atom. The van der Waals surface area contributed by atoms with Crippen LogP contribution in [-0.4, -0.2) is 39.5 Å². The molecule has 0 saturated carbocycles. The normalized spacial score (nSPS) is 11.5. The zero-order valence-electron chi connectivity index (χ0n) is 15.4. The van der Waals surface area contributed by atoms with Crippen molar-refractivity contribution in [1.82, 2.24) is 0 Å². The van der Waals surface area contributed by atoms with Gasteiger partial charge in [-0.25, -0.2) is 0 Å². The Balaban J connectivity index is 2.20. The molecule has 0 spiro atoms. The van der Waals surface area contributed by atoms with Gasteiger partial charge in [0.1, 0.15) is 0 Å². The van der Waals surface area contributed by atoms with E-state index < -0.39 is 11.9 Å². The Kier molecular flexibility index (Phi) is 6.72. The lowest BCUT2D eigenvalue weighted by atomic mass is 9.92. The van der Waals surface area contributed by atoms with Crippen LogP contribution < -0.4 is 18.9 Å². The molecular formula is C20H24O6. The van der Waals surface area contributed by atoms with E-state index in [9.17, 15) is 9.90 Å². The quantitative estimate of drug-likeness (QED) is 0.737. The second-order valence-electron chi connectivity index (χ2n) is 5.73. The molecule has 1 atom stereocenters. The SMILES string of the molecule is COc1ccc(CCC(C(=O)O)c2ccc(OC)c(OC)c2)cc1OC. The Hall–Kier alpha value is -2.89. The third kappa shape index (κ3) is 4.39. The standard InChI is InChI=1S/C20H24O6/c1-23-16-9-6-13(11-18(16)25-3)5-8-15(20(21)22)14-7-10-17(24-2)19(12-14)26-4/h6-7,9-12,15H,5,8H2,1-4H3,(H,21,22). The molecule has 0 radical (unpaired) electrons. The van der Waals surface area contributed by atoms with Crippen LogP contribution in [0.5, 0.6) is 23.0 Å². The zero-order chi connectivity index (χ0) is 19.1. The van der Waals surface area contributed by atoms with Crippen molar-refractivity contribution in [3.05, 3.63) is 47.5 Å². The highest BCUT2D eigenvalue weighted by atomic mass is 16.5. The molecule has 1 N–H and O–H groups in total. The molecule has 0 heterocycles. The van der Waals surface area contributed by atoms with E-state index in [0.717, 1.165) is 5.56 Å². The molecule has 0 bridgehead atoms. The predicted molar refractivity (Wildman–Crippen MR) is 97.8 cm³/mol. The maximum absolute atomic E-state index is 11.8. The van der Waals surface area contributed by atoms with E-state index in [1.165, 1.54) is 7.11 Å². The van der Waals surface area contributed by atoms with E-state index in [2.05, 4.69) is 0 Å². The van der Waals surface area contributed by atoms with Gasteiger partial charge in [0.15, 0.2) is 23.0 Å². The molecule has 26 heavy (non-hydrogen) atoms. The minimum absolute atomic E-state index is 0.445. The molecule has 0 aromatic heterocycles. The Morgan fingerprint density at radius 2 is 1.38 bits per heavy atom. The second kappa shape index (κ2) is 8.99. The number of ether oxygens (including phenoxy) is 4. The van der Waals surface area contributed by atoms with Crippen LogP contribution in [0.2, 0.25) is 0 Å². The van der Waals surface area contributed by atoms with Gasteiger partial charge >= 0.3 is 5.97 Å². The number of rotatable bonds is 9. The first kappa shape index (κ1) is 19.4. The van der Waals surface area contributed by atoms with E-state index in [1.807, 2.05) is 18.2 Å². The average Bonchev–Trinajstić information content (AvgIpc) is 2.67. The third-order valence-corrected chi connectivity index (χ3v) is 4.28. The number of carboxylic acids is 1. The van der Waals surface area contributed by atoms with Crippen molar-refractivity contribution in [2.45, 2.75) is 18.8 Å². The minimum atomic E-state index is -0.877. The van der Waals surface area contributed by atoms with Gasteiger partial charge in [-0.1, -0.05) is 12.1 Å². The molecule has 0 saturated heterocycles. The third-order valence-electron chi connectivity index (χ3n) is 4.28. The monoisotopic (exact) mass is 360 g/mol. The summed E-state index contributed by atoms with van der Waals surface area (Å²) >= 11 is 0.